The van der Waals surface area contributed by atoms with Gasteiger partial charge in [-0.15, -0.1) is 16.9 Å². The number of hydrogen-bond acceptors (Lipinski definition) is 9. The zero-order valence-corrected chi connectivity index (χ0v) is 19.4. The van der Waals surface area contributed by atoms with E-state index in [1.165, 1.54) is 16.4 Å². The molecule has 0 aliphatic rings. The van der Waals surface area contributed by atoms with Crippen molar-refractivity contribution in [3.05, 3.63) is 89.7 Å². The summed E-state index contributed by atoms with van der Waals surface area (Å²) >= 11 is 1.51. The molecule has 0 fully saturated rings. The van der Waals surface area contributed by atoms with Gasteiger partial charge in [0.1, 0.15) is 0 Å². The third-order valence-electron chi connectivity index (χ3n) is 5.30. The Morgan fingerprint density at radius 3 is 2.63 bits per heavy atom. The second-order valence-corrected chi connectivity index (χ2v) is 8.58. The molecule has 0 unspecified atom stereocenters. The number of thioether (sulfide) groups is 1. The Kier molecular flexibility index (Phi) is 6.22. The van der Waals surface area contributed by atoms with Gasteiger partial charge in [-0.25, -0.2) is 10.1 Å². The number of nitrogens with two attached hydrogens (primary N) is 1. The van der Waals surface area contributed by atoms with Crippen LogP contribution in [0.5, 0.6) is 0 Å². The van der Waals surface area contributed by atoms with Gasteiger partial charge in [-0.05, 0) is 40.1 Å². The smallest absolute Gasteiger partial charge is 0.293 e. The molecule has 3 aromatic carbocycles. The number of anilines is 1. The first kappa shape index (κ1) is 22.3. The topological polar surface area (TPSA) is 137 Å². The number of rotatable bonds is 7. The largest absolute Gasteiger partial charge is 0.378 e. The van der Waals surface area contributed by atoms with Crippen molar-refractivity contribution in [2.75, 3.05) is 5.73 Å². The predicted molar refractivity (Wildman–Crippen MR) is 133 cm³/mol. The van der Waals surface area contributed by atoms with Crippen LogP contribution in [0.4, 0.5) is 5.82 Å². The Bertz CT molecular complexity index is 1520. The fourth-order valence-corrected chi connectivity index (χ4v) is 4.48. The van der Waals surface area contributed by atoms with Crippen LogP contribution < -0.4 is 11.2 Å². The molecule has 0 aliphatic heterocycles. The number of carbonyl (C=O) groups excluding carboxylic acids is 1. The molecule has 5 rings (SSSR count). The second kappa shape index (κ2) is 9.77. The van der Waals surface area contributed by atoms with Gasteiger partial charge in [0, 0.05) is 16.2 Å². The lowest BCUT2D eigenvalue weighted by atomic mass is 10.0. The van der Waals surface area contributed by atoms with Crippen LogP contribution in [0.15, 0.2) is 87.4 Å². The molecule has 0 bridgehead atoms. The summed E-state index contributed by atoms with van der Waals surface area (Å²) < 4.78 is 6.07. The lowest BCUT2D eigenvalue weighted by Crippen LogP contribution is -2.21. The molecule has 0 saturated heterocycles. The highest BCUT2D eigenvalue weighted by Crippen LogP contribution is 2.26. The molecule has 11 heteroatoms. The van der Waals surface area contributed by atoms with Crippen molar-refractivity contribution in [2.24, 2.45) is 5.10 Å². The van der Waals surface area contributed by atoms with E-state index in [9.17, 15) is 4.79 Å². The number of nitrogens with zero attached hydrogens (tertiary/aromatic N) is 6. The molecule has 10 nitrogen and oxygen atoms in total. The number of nitrogens with one attached hydrogen (secondary N) is 1. The van der Waals surface area contributed by atoms with E-state index >= 15 is 0 Å². The summed E-state index contributed by atoms with van der Waals surface area (Å²) in [6.45, 7) is 1.84. The van der Waals surface area contributed by atoms with Gasteiger partial charge >= 0.3 is 0 Å². The van der Waals surface area contributed by atoms with Crippen LogP contribution >= 0.6 is 11.8 Å². The average Bonchev–Trinajstić information content (AvgIpc) is 3.51. The lowest BCUT2D eigenvalue weighted by Gasteiger charge is -2.07. The highest BCUT2D eigenvalue weighted by Gasteiger charge is 2.24. The highest BCUT2D eigenvalue weighted by molar-refractivity contribution is 7.98. The fraction of sp³-hybridized carbons (Fsp3) is 0.0833. The first-order valence-corrected chi connectivity index (χ1v) is 11.6. The summed E-state index contributed by atoms with van der Waals surface area (Å²) in [5.74, 6) is 0.0702. The number of nitrogen functional groups attached to an aromatic ring is 1. The highest BCUT2D eigenvalue weighted by atomic mass is 32.2. The molecule has 5 aromatic rings. The van der Waals surface area contributed by atoms with E-state index in [0.717, 1.165) is 21.2 Å². The number of hydrazone groups is 1. The number of carbonyl (C=O) groups is 1. The van der Waals surface area contributed by atoms with Gasteiger partial charge in [0.25, 0.3) is 5.91 Å². The van der Waals surface area contributed by atoms with Crippen molar-refractivity contribution in [1.82, 2.24) is 30.7 Å². The van der Waals surface area contributed by atoms with Crippen LogP contribution in [0, 0.1) is 0 Å². The summed E-state index contributed by atoms with van der Waals surface area (Å²) in [6.07, 6.45) is 0. The quantitative estimate of drug-likeness (QED) is 0.202. The van der Waals surface area contributed by atoms with E-state index < -0.39 is 5.91 Å². The maximum atomic E-state index is 13.1. The normalized spacial score (nSPS) is 11.6. The number of fused-ring (bicyclic) bond motifs is 1. The minimum Gasteiger partial charge on any atom is -0.378 e. The van der Waals surface area contributed by atoms with E-state index in [1.54, 1.807) is 0 Å². The third kappa shape index (κ3) is 4.62. The summed E-state index contributed by atoms with van der Waals surface area (Å²) in [5.41, 5.74) is 10.6. The Morgan fingerprint density at radius 2 is 1.83 bits per heavy atom. The molecule has 0 spiro atoms. The van der Waals surface area contributed by atoms with Crippen molar-refractivity contribution in [3.8, 4) is 5.82 Å². The van der Waals surface area contributed by atoms with Crippen LogP contribution in [-0.4, -0.2) is 36.9 Å². The summed E-state index contributed by atoms with van der Waals surface area (Å²) in [4.78, 5) is 14.1. The number of hydrogen-bond donors (Lipinski definition) is 2. The Balaban J connectivity index is 1.44. The van der Waals surface area contributed by atoms with Crippen LogP contribution in [0.2, 0.25) is 0 Å². The lowest BCUT2D eigenvalue weighted by molar-refractivity contribution is 0.0949. The van der Waals surface area contributed by atoms with Crippen molar-refractivity contribution < 1.29 is 9.42 Å². The van der Waals surface area contributed by atoms with Crippen molar-refractivity contribution in [3.63, 3.8) is 0 Å². The molecular formula is C24H20N8O2S. The van der Waals surface area contributed by atoms with Gasteiger partial charge in [-0.3, -0.25) is 4.79 Å². The van der Waals surface area contributed by atoms with E-state index in [-0.39, 0.29) is 17.3 Å². The molecule has 0 atom stereocenters. The van der Waals surface area contributed by atoms with Crippen molar-refractivity contribution in [1.29, 1.82) is 0 Å². The minimum absolute atomic E-state index is 0.0395. The first-order valence-electron chi connectivity index (χ1n) is 10.7. The number of benzene rings is 3. The maximum absolute atomic E-state index is 13.1. The van der Waals surface area contributed by atoms with Gasteiger partial charge in [-0.1, -0.05) is 65.9 Å². The van der Waals surface area contributed by atoms with E-state index in [2.05, 4.69) is 31.2 Å². The Hall–Kier alpha value is -4.51. The van der Waals surface area contributed by atoms with Crippen LogP contribution in [0.1, 0.15) is 28.7 Å². The molecule has 3 N–H and O–H groups in total. The van der Waals surface area contributed by atoms with Crippen molar-refractivity contribution >= 4 is 40.0 Å². The predicted octanol–water partition coefficient (Wildman–Crippen LogP) is 3.83. The SMILES string of the molecule is C/C(=N\NC(=O)c1nnn(-c2nonc2N)c1CSc1ccccc1)c1cccc2ccccc12. The number of amides is 1. The Morgan fingerprint density at radius 1 is 1.06 bits per heavy atom. The van der Waals surface area contributed by atoms with Crippen molar-refractivity contribution in [2.45, 2.75) is 17.6 Å². The summed E-state index contributed by atoms with van der Waals surface area (Å²) in [6, 6.07) is 23.7. The van der Waals surface area contributed by atoms with Gasteiger partial charge in [0.05, 0.1) is 11.4 Å². The van der Waals surface area contributed by atoms with Crippen LogP contribution in [0.3, 0.4) is 0 Å². The van der Waals surface area contributed by atoms with Gasteiger partial charge < -0.3 is 5.73 Å². The van der Waals surface area contributed by atoms with E-state index in [1.807, 2.05) is 79.7 Å². The Labute approximate surface area is 204 Å². The average molecular weight is 485 g/mol. The second-order valence-electron chi connectivity index (χ2n) is 7.54. The molecule has 2 aromatic heterocycles. The van der Waals surface area contributed by atoms with Crippen LogP contribution in [0.25, 0.3) is 16.6 Å². The van der Waals surface area contributed by atoms with Gasteiger partial charge in [0.15, 0.2) is 5.69 Å². The molecule has 0 saturated carbocycles. The molecule has 0 aliphatic carbocycles. The van der Waals surface area contributed by atoms with E-state index in [4.69, 9.17) is 10.4 Å². The zero-order valence-electron chi connectivity index (χ0n) is 18.6. The minimum atomic E-state index is -0.505. The first-order chi connectivity index (χ1) is 17.1. The monoisotopic (exact) mass is 484 g/mol. The molecule has 174 valence electrons. The summed E-state index contributed by atoms with van der Waals surface area (Å²) in [7, 11) is 0. The third-order valence-corrected chi connectivity index (χ3v) is 6.32. The number of aromatic nitrogens is 5. The molecule has 2 heterocycles. The summed E-state index contributed by atoms with van der Waals surface area (Å²) in [5, 5.41) is 22.0. The zero-order chi connectivity index (χ0) is 24.2. The van der Waals surface area contributed by atoms with E-state index in [0.29, 0.717) is 17.2 Å². The molecule has 1 amide bonds. The van der Waals surface area contributed by atoms with Gasteiger partial charge in [0.2, 0.25) is 11.6 Å². The maximum Gasteiger partial charge on any atom is 0.293 e. The molecule has 0 radical (unpaired) electrons. The molecule has 35 heavy (non-hydrogen) atoms. The van der Waals surface area contributed by atoms with Gasteiger partial charge in [-0.2, -0.15) is 9.78 Å². The molecular weight excluding hydrogens is 464 g/mol. The fourth-order valence-electron chi connectivity index (χ4n) is 3.57. The standard InChI is InChI=1S/C24H20N8O2S/c1-15(18-13-7-9-16-8-5-6-12-19(16)18)26-28-24(33)21-20(14-35-17-10-3-2-4-11-17)32(31-27-21)23-22(25)29-34-30-23/h2-13H,14H2,1H3,(H2,25,29)(H,28,33)/b26-15+. The van der Waals surface area contributed by atoms with Crippen LogP contribution in [-0.2, 0) is 5.75 Å².